The first kappa shape index (κ1) is 38.3. The molecule has 0 rings (SSSR count). The average molecular weight is 462 g/mol. The summed E-state index contributed by atoms with van der Waals surface area (Å²) in [6.07, 6.45) is 0. The summed E-state index contributed by atoms with van der Waals surface area (Å²) >= 11 is 0. The first-order valence-corrected chi connectivity index (χ1v) is 8.00. The van der Waals surface area contributed by atoms with Crippen LogP contribution in [0.5, 0.6) is 0 Å². The van der Waals surface area contributed by atoms with Crippen molar-refractivity contribution in [2.75, 3.05) is 0 Å². The predicted molar refractivity (Wildman–Crippen MR) is 47.7 cm³/mol. The van der Waals surface area contributed by atoms with E-state index < -0.39 is 41.6 Å². The van der Waals surface area contributed by atoms with Crippen molar-refractivity contribution in [3.8, 4) is 0 Å². The van der Waals surface area contributed by atoms with Gasteiger partial charge in [0, 0.05) is 60.2 Å². The zero-order valence-corrected chi connectivity index (χ0v) is 15.0. The third-order valence-corrected chi connectivity index (χ3v) is 0. The second-order valence-electron chi connectivity index (χ2n) is 1.63. The Morgan fingerprint density at radius 2 is 0.364 bits per heavy atom. The molecular formula is AlO16S4V-5. The van der Waals surface area contributed by atoms with Gasteiger partial charge in [-0.1, -0.05) is 0 Å². The quantitative estimate of drug-likeness (QED) is 0.184. The van der Waals surface area contributed by atoms with Gasteiger partial charge in [0.1, 0.15) is 0 Å². The molecule has 0 aromatic carbocycles. The van der Waals surface area contributed by atoms with Crippen molar-refractivity contribution in [3.63, 3.8) is 0 Å². The maximum absolute atomic E-state index is 8.52. The molecule has 0 aliphatic heterocycles. The molecule has 0 bridgehead atoms. The molecule has 0 amide bonds. The van der Waals surface area contributed by atoms with Crippen molar-refractivity contribution in [3.05, 3.63) is 0 Å². The van der Waals surface area contributed by atoms with Crippen LogP contribution in [0.1, 0.15) is 0 Å². The molecule has 16 nitrogen and oxygen atoms in total. The predicted octanol–water partition coefficient (Wildman–Crippen LogP) is -5.74. The Morgan fingerprint density at radius 3 is 0.364 bits per heavy atom. The molecule has 0 N–H and O–H groups in total. The van der Waals surface area contributed by atoms with Gasteiger partial charge >= 0.3 is 17.4 Å². The maximum atomic E-state index is 8.52. The molecule has 0 aliphatic rings. The van der Waals surface area contributed by atoms with Crippen molar-refractivity contribution in [1.29, 1.82) is 0 Å². The fourth-order valence-electron chi connectivity index (χ4n) is 0. The molecule has 0 aliphatic carbocycles. The second-order valence-corrected chi connectivity index (χ2v) is 4.90. The van der Waals surface area contributed by atoms with Gasteiger partial charge in [-0.3, -0.25) is 33.7 Å². The van der Waals surface area contributed by atoms with Gasteiger partial charge in [0.05, 0.1) is 0 Å². The molecule has 1 radical (unpaired) electrons. The molecule has 0 saturated heterocycles. The van der Waals surface area contributed by atoms with Gasteiger partial charge < -0.3 is 36.4 Å². The van der Waals surface area contributed by atoms with E-state index in [0.717, 1.165) is 0 Å². The fourth-order valence-corrected chi connectivity index (χ4v) is 0. The van der Waals surface area contributed by atoms with Crippen molar-refractivity contribution in [2.45, 2.75) is 0 Å². The van der Waals surface area contributed by atoms with E-state index in [1.807, 2.05) is 0 Å². The van der Waals surface area contributed by atoms with Gasteiger partial charge in [-0.2, -0.15) is 0 Å². The van der Waals surface area contributed by atoms with E-state index in [0.29, 0.717) is 0 Å². The van der Waals surface area contributed by atoms with Crippen LogP contribution in [0.3, 0.4) is 0 Å². The van der Waals surface area contributed by atoms with Crippen molar-refractivity contribution >= 4 is 59.0 Å². The van der Waals surface area contributed by atoms with Crippen LogP contribution in [0.25, 0.3) is 0 Å². The Morgan fingerprint density at radius 1 is 0.364 bits per heavy atom. The molecule has 0 fully saturated rings. The second kappa shape index (κ2) is 15.1. The Balaban J connectivity index is -0.0000000376. The van der Waals surface area contributed by atoms with Crippen LogP contribution in [0.15, 0.2) is 0 Å². The zero-order chi connectivity index (χ0) is 18.0. The van der Waals surface area contributed by atoms with Gasteiger partial charge in [-0.25, -0.2) is 0 Å². The van der Waals surface area contributed by atoms with Gasteiger partial charge in [-0.15, -0.1) is 0 Å². The Hall–Kier alpha value is 0.597. The SMILES string of the molecule is O=S(=O)([O-])[O-].O=S(=O)([O-])[O-].O=S(=O)([O-])[O-].O=S(=O)([O-])[O-].[Al+3].[V]. The third kappa shape index (κ3) is 22200. The summed E-state index contributed by atoms with van der Waals surface area (Å²) in [6.45, 7) is 0. The minimum atomic E-state index is -5.17. The summed E-state index contributed by atoms with van der Waals surface area (Å²) in [5.41, 5.74) is 0. The third-order valence-electron chi connectivity index (χ3n) is 0. The molecule has 22 heavy (non-hydrogen) atoms. The Bertz CT molecular complexity index is 479. The summed E-state index contributed by atoms with van der Waals surface area (Å²) in [7, 11) is -20.7. The number of hydrogen-bond acceptors (Lipinski definition) is 16. The van der Waals surface area contributed by atoms with Crippen LogP contribution in [0.2, 0.25) is 0 Å². The zero-order valence-electron chi connectivity index (χ0n) is 9.19. The topological polar surface area (TPSA) is 321 Å². The monoisotopic (exact) mass is 462 g/mol. The van der Waals surface area contributed by atoms with E-state index in [-0.39, 0.29) is 35.9 Å². The van der Waals surface area contributed by atoms with Crippen LogP contribution in [0.4, 0.5) is 0 Å². The largest absolute Gasteiger partial charge is 3.00 e. The van der Waals surface area contributed by atoms with Gasteiger partial charge in [0.25, 0.3) is 0 Å². The van der Waals surface area contributed by atoms with Crippen LogP contribution < -0.4 is 0 Å². The van der Waals surface area contributed by atoms with E-state index >= 15 is 0 Å². The summed E-state index contributed by atoms with van der Waals surface area (Å²) in [6, 6.07) is 0. The normalized spacial score (nSPS) is 10.5. The molecule has 133 valence electrons. The van der Waals surface area contributed by atoms with Gasteiger partial charge in [0.2, 0.25) is 0 Å². The van der Waals surface area contributed by atoms with Gasteiger partial charge in [0.15, 0.2) is 0 Å². The summed E-state index contributed by atoms with van der Waals surface area (Å²) in [4.78, 5) is 0. The molecule has 0 spiro atoms. The average Bonchev–Trinajstić information content (AvgIpc) is 1.62. The van der Waals surface area contributed by atoms with E-state index in [9.17, 15) is 0 Å². The minimum absolute atomic E-state index is 0. The molecule has 0 saturated carbocycles. The molecule has 0 heterocycles. The molecule has 22 heteroatoms. The smallest absolute Gasteiger partial charge is 0.759 e. The van der Waals surface area contributed by atoms with Crippen LogP contribution in [-0.4, -0.2) is 87.5 Å². The molecular weight excluding hydrogens is 462 g/mol. The van der Waals surface area contributed by atoms with Crippen molar-refractivity contribution in [2.24, 2.45) is 0 Å². The summed E-state index contributed by atoms with van der Waals surface area (Å²) < 4.78 is 136. The molecule has 0 aromatic heterocycles. The van der Waals surface area contributed by atoms with E-state index in [2.05, 4.69) is 0 Å². The van der Waals surface area contributed by atoms with Crippen LogP contribution in [-0.2, 0) is 60.2 Å². The molecule has 0 atom stereocenters. The molecule has 0 unspecified atom stereocenters. The first-order valence-electron chi connectivity index (χ1n) is 2.67. The van der Waals surface area contributed by atoms with E-state index in [4.69, 9.17) is 70.1 Å². The fraction of sp³-hybridized carbons (Fsp3) is 0. The van der Waals surface area contributed by atoms with Gasteiger partial charge in [-0.05, 0) is 0 Å². The standard InChI is InChI=1S/Al.4H2O4S.V/c;4*1-5(2,3)4;/h;4*(H2,1,2,3,4);/q+3;;;;;/p-8. The number of hydrogen-bond donors (Lipinski definition) is 0. The van der Waals surface area contributed by atoms with E-state index in [1.54, 1.807) is 0 Å². The maximum Gasteiger partial charge on any atom is 3.00 e. The summed E-state index contributed by atoms with van der Waals surface area (Å²) in [5.74, 6) is 0. The van der Waals surface area contributed by atoms with Crippen molar-refractivity contribution in [1.82, 2.24) is 0 Å². The van der Waals surface area contributed by atoms with Crippen LogP contribution >= 0.6 is 0 Å². The summed E-state index contributed by atoms with van der Waals surface area (Å²) in [5, 5.41) is 0. The first-order chi connectivity index (χ1) is 8.00. The minimum Gasteiger partial charge on any atom is -0.759 e. The number of rotatable bonds is 0. The Labute approximate surface area is 147 Å². The van der Waals surface area contributed by atoms with Crippen LogP contribution in [0, 0.1) is 0 Å². The Kier molecular flexibility index (Phi) is 26.3. The van der Waals surface area contributed by atoms with Crippen molar-refractivity contribution < 1.29 is 88.6 Å². The van der Waals surface area contributed by atoms with E-state index in [1.165, 1.54) is 0 Å². The molecule has 0 aromatic rings.